The SMILES string of the molecule is CCCCCCC(OCCCO)C(=O)O. The Bertz CT molecular complexity index is 159. The first-order valence-corrected chi connectivity index (χ1v) is 5.67. The minimum absolute atomic E-state index is 0.0438. The summed E-state index contributed by atoms with van der Waals surface area (Å²) in [6.45, 7) is 2.48. The fraction of sp³-hybridized carbons (Fsp3) is 0.909. The first kappa shape index (κ1) is 14.4. The van der Waals surface area contributed by atoms with Crippen molar-refractivity contribution in [3.05, 3.63) is 0 Å². The van der Waals surface area contributed by atoms with Gasteiger partial charge >= 0.3 is 5.97 Å². The van der Waals surface area contributed by atoms with E-state index < -0.39 is 12.1 Å². The van der Waals surface area contributed by atoms with E-state index in [9.17, 15) is 4.79 Å². The second kappa shape index (κ2) is 9.93. The lowest BCUT2D eigenvalue weighted by Gasteiger charge is -2.12. The number of carboxylic acids is 1. The number of carbonyl (C=O) groups is 1. The molecule has 0 radical (unpaired) electrons. The van der Waals surface area contributed by atoms with Crippen LogP contribution in [0.5, 0.6) is 0 Å². The van der Waals surface area contributed by atoms with Crippen LogP contribution in [0, 0.1) is 0 Å². The van der Waals surface area contributed by atoms with Crippen LogP contribution in [0.25, 0.3) is 0 Å². The molecule has 4 heteroatoms. The van der Waals surface area contributed by atoms with E-state index in [0.29, 0.717) is 19.4 Å². The molecule has 0 spiro atoms. The lowest BCUT2D eigenvalue weighted by Crippen LogP contribution is -2.24. The number of hydrogen-bond donors (Lipinski definition) is 2. The van der Waals surface area contributed by atoms with Gasteiger partial charge in [0.25, 0.3) is 0 Å². The highest BCUT2D eigenvalue weighted by Gasteiger charge is 2.16. The van der Waals surface area contributed by atoms with E-state index in [0.717, 1.165) is 25.7 Å². The van der Waals surface area contributed by atoms with Crippen LogP contribution in [0.1, 0.15) is 45.4 Å². The summed E-state index contributed by atoms with van der Waals surface area (Å²) < 4.78 is 5.16. The molecule has 0 fully saturated rings. The second-order valence-corrected chi connectivity index (χ2v) is 3.62. The third kappa shape index (κ3) is 8.39. The zero-order valence-corrected chi connectivity index (χ0v) is 9.45. The third-order valence-corrected chi connectivity index (χ3v) is 2.22. The van der Waals surface area contributed by atoms with Crippen LogP contribution < -0.4 is 0 Å². The molecule has 2 N–H and O–H groups in total. The molecule has 0 saturated heterocycles. The molecule has 0 saturated carbocycles. The summed E-state index contributed by atoms with van der Waals surface area (Å²) in [4.78, 5) is 10.8. The Kier molecular flexibility index (Phi) is 9.52. The van der Waals surface area contributed by atoms with Gasteiger partial charge in [-0.3, -0.25) is 0 Å². The summed E-state index contributed by atoms with van der Waals surface area (Å²) >= 11 is 0. The number of ether oxygens (including phenoxy) is 1. The maximum absolute atomic E-state index is 10.8. The number of aliphatic carboxylic acids is 1. The summed E-state index contributed by atoms with van der Waals surface area (Å²) in [7, 11) is 0. The number of carboxylic acid groups (broad SMARTS) is 1. The Balaban J connectivity index is 3.59. The number of rotatable bonds is 10. The fourth-order valence-electron chi connectivity index (χ4n) is 1.32. The second-order valence-electron chi connectivity index (χ2n) is 3.62. The molecule has 0 amide bonds. The molecule has 0 heterocycles. The summed E-state index contributed by atoms with van der Waals surface area (Å²) in [5.41, 5.74) is 0. The van der Waals surface area contributed by atoms with Crippen molar-refractivity contribution in [2.24, 2.45) is 0 Å². The minimum atomic E-state index is -0.899. The van der Waals surface area contributed by atoms with Gasteiger partial charge in [-0.25, -0.2) is 4.79 Å². The van der Waals surface area contributed by atoms with Crippen LogP contribution in [0.2, 0.25) is 0 Å². The molecule has 1 unspecified atom stereocenters. The van der Waals surface area contributed by atoms with Crippen LogP contribution in [0.4, 0.5) is 0 Å². The number of hydrogen-bond acceptors (Lipinski definition) is 3. The van der Waals surface area contributed by atoms with Crippen molar-refractivity contribution in [1.82, 2.24) is 0 Å². The molecule has 0 aliphatic rings. The Morgan fingerprint density at radius 3 is 2.53 bits per heavy atom. The average molecular weight is 218 g/mol. The van der Waals surface area contributed by atoms with E-state index in [4.69, 9.17) is 14.9 Å². The Morgan fingerprint density at radius 2 is 2.00 bits per heavy atom. The lowest BCUT2D eigenvalue weighted by atomic mass is 10.1. The third-order valence-electron chi connectivity index (χ3n) is 2.22. The van der Waals surface area contributed by atoms with Gasteiger partial charge in [0.05, 0.1) is 0 Å². The molecule has 0 aliphatic heterocycles. The molecule has 0 bridgehead atoms. The van der Waals surface area contributed by atoms with E-state index in [1.54, 1.807) is 0 Å². The zero-order valence-electron chi connectivity index (χ0n) is 9.45. The minimum Gasteiger partial charge on any atom is -0.479 e. The quantitative estimate of drug-likeness (QED) is 0.549. The van der Waals surface area contributed by atoms with Crippen LogP contribution >= 0.6 is 0 Å². The van der Waals surface area contributed by atoms with Gasteiger partial charge in [-0.05, 0) is 12.8 Å². The van der Waals surface area contributed by atoms with Crippen molar-refractivity contribution < 1.29 is 19.7 Å². The van der Waals surface area contributed by atoms with Crippen LogP contribution in [-0.2, 0) is 9.53 Å². The van der Waals surface area contributed by atoms with Crippen molar-refractivity contribution in [1.29, 1.82) is 0 Å². The molecular formula is C11H22O4. The maximum Gasteiger partial charge on any atom is 0.332 e. The number of unbranched alkanes of at least 4 members (excludes halogenated alkanes) is 3. The van der Waals surface area contributed by atoms with Gasteiger partial charge < -0.3 is 14.9 Å². The number of aliphatic hydroxyl groups is 1. The summed E-state index contributed by atoms with van der Waals surface area (Å²) in [5.74, 6) is -0.899. The Labute approximate surface area is 91.3 Å². The molecule has 0 rings (SSSR count). The fourth-order valence-corrected chi connectivity index (χ4v) is 1.32. The van der Waals surface area contributed by atoms with E-state index in [-0.39, 0.29) is 6.61 Å². The summed E-state index contributed by atoms with van der Waals surface area (Å²) in [6, 6.07) is 0. The Morgan fingerprint density at radius 1 is 1.27 bits per heavy atom. The predicted molar refractivity (Wildman–Crippen MR) is 57.8 cm³/mol. The standard InChI is InChI=1S/C11H22O4/c1-2-3-4-5-7-10(11(13)14)15-9-6-8-12/h10,12H,2-9H2,1H3,(H,13,14). The maximum atomic E-state index is 10.8. The van der Waals surface area contributed by atoms with Gasteiger partial charge in [-0.1, -0.05) is 32.6 Å². The molecule has 0 aromatic rings. The van der Waals surface area contributed by atoms with Crippen molar-refractivity contribution in [2.75, 3.05) is 13.2 Å². The van der Waals surface area contributed by atoms with Crippen LogP contribution in [0.3, 0.4) is 0 Å². The molecule has 15 heavy (non-hydrogen) atoms. The topological polar surface area (TPSA) is 66.8 Å². The van der Waals surface area contributed by atoms with Gasteiger partial charge in [0.2, 0.25) is 0 Å². The first-order chi connectivity index (χ1) is 7.22. The zero-order chi connectivity index (χ0) is 11.5. The van der Waals surface area contributed by atoms with Gasteiger partial charge in [0.15, 0.2) is 6.10 Å². The van der Waals surface area contributed by atoms with E-state index in [1.165, 1.54) is 0 Å². The van der Waals surface area contributed by atoms with E-state index in [2.05, 4.69) is 6.92 Å². The van der Waals surface area contributed by atoms with Crippen LogP contribution in [0.15, 0.2) is 0 Å². The average Bonchev–Trinajstić information content (AvgIpc) is 2.21. The highest BCUT2D eigenvalue weighted by molar-refractivity contribution is 5.72. The molecule has 4 nitrogen and oxygen atoms in total. The van der Waals surface area contributed by atoms with Crippen molar-refractivity contribution in [3.8, 4) is 0 Å². The van der Waals surface area contributed by atoms with E-state index in [1.807, 2.05) is 0 Å². The normalized spacial score (nSPS) is 12.7. The van der Waals surface area contributed by atoms with E-state index >= 15 is 0 Å². The van der Waals surface area contributed by atoms with Crippen molar-refractivity contribution in [3.63, 3.8) is 0 Å². The van der Waals surface area contributed by atoms with Gasteiger partial charge in [-0.15, -0.1) is 0 Å². The molecular weight excluding hydrogens is 196 g/mol. The predicted octanol–water partition coefficient (Wildman–Crippen LogP) is 1.81. The molecule has 1 atom stereocenters. The summed E-state index contributed by atoms with van der Waals surface area (Å²) in [6.07, 6.45) is 4.60. The lowest BCUT2D eigenvalue weighted by molar-refractivity contribution is -0.151. The molecule has 0 aromatic carbocycles. The first-order valence-electron chi connectivity index (χ1n) is 5.67. The van der Waals surface area contributed by atoms with Crippen molar-refractivity contribution in [2.45, 2.75) is 51.6 Å². The molecule has 0 aromatic heterocycles. The smallest absolute Gasteiger partial charge is 0.332 e. The molecule has 90 valence electrons. The van der Waals surface area contributed by atoms with Gasteiger partial charge in [-0.2, -0.15) is 0 Å². The monoisotopic (exact) mass is 218 g/mol. The van der Waals surface area contributed by atoms with Crippen LogP contribution in [-0.4, -0.2) is 35.5 Å². The number of aliphatic hydroxyl groups excluding tert-OH is 1. The van der Waals surface area contributed by atoms with Gasteiger partial charge in [0.1, 0.15) is 0 Å². The van der Waals surface area contributed by atoms with Gasteiger partial charge in [0, 0.05) is 13.2 Å². The highest BCUT2D eigenvalue weighted by atomic mass is 16.5. The highest BCUT2D eigenvalue weighted by Crippen LogP contribution is 2.08. The summed E-state index contributed by atoms with van der Waals surface area (Å²) in [5, 5.41) is 17.4. The van der Waals surface area contributed by atoms with Crippen molar-refractivity contribution >= 4 is 5.97 Å². The largest absolute Gasteiger partial charge is 0.479 e. The Hall–Kier alpha value is -0.610. The molecule has 0 aliphatic carbocycles.